The van der Waals surface area contributed by atoms with Crippen molar-refractivity contribution in [2.75, 3.05) is 11.4 Å². The highest BCUT2D eigenvalue weighted by Crippen LogP contribution is 2.27. The summed E-state index contributed by atoms with van der Waals surface area (Å²) in [6, 6.07) is 10.7. The van der Waals surface area contributed by atoms with Gasteiger partial charge < -0.3 is 10.0 Å². The second-order valence-corrected chi connectivity index (χ2v) is 5.41. The molecule has 0 saturated carbocycles. The number of benzene rings is 1. The van der Waals surface area contributed by atoms with Crippen molar-refractivity contribution in [2.45, 2.75) is 32.9 Å². The molecule has 1 aliphatic rings. The summed E-state index contributed by atoms with van der Waals surface area (Å²) < 4.78 is 0. The van der Waals surface area contributed by atoms with Gasteiger partial charge in [0.2, 0.25) is 0 Å². The van der Waals surface area contributed by atoms with E-state index in [1.165, 1.54) is 11.1 Å². The maximum atomic E-state index is 9.54. The zero-order valence-corrected chi connectivity index (χ0v) is 11.8. The predicted molar refractivity (Wildman–Crippen MR) is 80.7 cm³/mol. The van der Waals surface area contributed by atoms with Gasteiger partial charge in [-0.15, -0.1) is 0 Å². The van der Waals surface area contributed by atoms with Crippen LogP contribution in [-0.2, 0) is 19.6 Å². The molecule has 0 unspecified atom stereocenters. The Morgan fingerprint density at radius 2 is 2.05 bits per heavy atom. The van der Waals surface area contributed by atoms with E-state index in [1.807, 2.05) is 6.92 Å². The molecule has 1 aromatic heterocycles. The van der Waals surface area contributed by atoms with Crippen molar-refractivity contribution in [1.29, 1.82) is 0 Å². The van der Waals surface area contributed by atoms with Crippen LogP contribution in [-0.4, -0.2) is 16.6 Å². The number of anilines is 1. The maximum absolute atomic E-state index is 9.54. The second kappa shape index (κ2) is 5.63. The number of hydrogen-bond acceptors (Lipinski definition) is 3. The number of aromatic nitrogens is 1. The number of fused-ring (bicyclic) bond motifs is 1. The van der Waals surface area contributed by atoms with Crippen LogP contribution in [0.1, 0.15) is 28.8 Å². The molecule has 0 bridgehead atoms. The van der Waals surface area contributed by atoms with E-state index >= 15 is 0 Å². The molecule has 104 valence electrons. The molecular formula is C17H20N2O. The maximum Gasteiger partial charge on any atom is 0.0717 e. The van der Waals surface area contributed by atoms with Gasteiger partial charge in [-0.05, 0) is 37.0 Å². The third-order valence-corrected chi connectivity index (χ3v) is 3.96. The molecule has 3 heteroatoms. The van der Waals surface area contributed by atoms with E-state index in [2.05, 4.69) is 40.2 Å². The van der Waals surface area contributed by atoms with Crippen molar-refractivity contribution in [3.05, 3.63) is 58.9 Å². The van der Waals surface area contributed by atoms with Gasteiger partial charge in [-0.1, -0.05) is 24.3 Å². The molecule has 2 heterocycles. The van der Waals surface area contributed by atoms with Crippen LogP contribution in [0.2, 0.25) is 0 Å². The summed E-state index contributed by atoms with van der Waals surface area (Å²) in [6.45, 7) is 3.97. The minimum absolute atomic E-state index is 0.0424. The van der Waals surface area contributed by atoms with Gasteiger partial charge in [0, 0.05) is 36.2 Å². The van der Waals surface area contributed by atoms with E-state index in [9.17, 15) is 5.11 Å². The van der Waals surface area contributed by atoms with Crippen LogP contribution >= 0.6 is 0 Å². The van der Waals surface area contributed by atoms with Crippen molar-refractivity contribution < 1.29 is 5.11 Å². The van der Waals surface area contributed by atoms with Crippen LogP contribution in [0.15, 0.2) is 36.5 Å². The number of pyridine rings is 1. The van der Waals surface area contributed by atoms with E-state index in [0.29, 0.717) is 0 Å². The van der Waals surface area contributed by atoms with Crippen LogP contribution in [0, 0.1) is 6.92 Å². The van der Waals surface area contributed by atoms with Crippen molar-refractivity contribution >= 4 is 5.69 Å². The minimum Gasteiger partial charge on any atom is -0.392 e. The van der Waals surface area contributed by atoms with Crippen LogP contribution in [0.25, 0.3) is 0 Å². The fourth-order valence-corrected chi connectivity index (χ4v) is 2.90. The highest BCUT2D eigenvalue weighted by molar-refractivity contribution is 5.54. The number of aliphatic hydroxyl groups excluding tert-OH is 1. The Morgan fingerprint density at radius 3 is 2.85 bits per heavy atom. The molecular weight excluding hydrogens is 248 g/mol. The van der Waals surface area contributed by atoms with Crippen molar-refractivity contribution in [2.24, 2.45) is 0 Å². The monoisotopic (exact) mass is 268 g/mol. The van der Waals surface area contributed by atoms with E-state index < -0.39 is 0 Å². The number of nitrogens with zero attached hydrogens (tertiary/aromatic N) is 2. The van der Waals surface area contributed by atoms with Gasteiger partial charge in [-0.2, -0.15) is 0 Å². The zero-order valence-electron chi connectivity index (χ0n) is 11.8. The first-order valence-corrected chi connectivity index (χ1v) is 7.16. The van der Waals surface area contributed by atoms with Gasteiger partial charge in [-0.25, -0.2) is 0 Å². The Labute approximate surface area is 119 Å². The molecule has 20 heavy (non-hydrogen) atoms. The Balaban J connectivity index is 1.97. The van der Waals surface area contributed by atoms with Crippen molar-refractivity contribution in [3.8, 4) is 0 Å². The number of aliphatic hydroxyl groups is 1. The highest BCUT2D eigenvalue weighted by atomic mass is 16.3. The van der Waals surface area contributed by atoms with E-state index in [1.54, 1.807) is 6.20 Å². The Kier molecular flexibility index (Phi) is 3.70. The Bertz CT molecular complexity index is 610. The van der Waals surface area contributed by atoms with E-state index in [4.69, 9.17) is 0 Å². The van der Waals surface area contributed by atoms with E-state index in [-0.39, 0.29) is 6.61 Å². The summed E-state index contributed by atoms with van der Waals surface area (Å²) >= 11 is 0. The summed E-state index contributed by atoms with van der Waals surface area (Å²) in [5.41, 5.74) is 5.87. The fourth-order valence-electron chi connectivity index (χ4n) is 2.90. The molecule has 1 aliphatic heterocycles. The summed E-state index contributed by atoms with van der Waals surface area (Å²) in [6.07, 6.45) is 4.07. The average molecular weight is 268 g/mol. The third-order valence-electron chi connectivity index (χ3n) is 3.96. The van der Waals surface area contributed by atoms with Gasteiger partial charge >= 0.3 is 0 Å². The van der Waals surface area contributed by atoms with Gasteiger partial charge in [0.1, 0.15) is 0 Å². The standard InChI is InChI=1S/C17H20N2O/c1-13-9-17(16(12-20)10-18-13)19-8-4-7-14-5-2-3-6-15(14)11-19/h2-3,5-6,9-10,20H,4,7-8,11-12H2,1H3. The first kappa shape index (κ1) is 13.1. The molecule has 0 fully saturated rings. The summed E-state index contributed by atoms with van der Waals surface area (Å²) in [5, 5.41) is 9.54. The lowest BCUT2D eigenvalue weighted by molar-refractivity contribution is 0.281. The summed E-state index contributed by atoms with van der Waals surface area (Å²) in [5.74, 6) is 0. The Hall–Kier alpha value is -1.87. The molecule has 1 aromatic carbocycles. The number of aryl methyl sites for hydroxylation is 2. The van der Waals surface area contributed by atoms with Crippen LogP contribution in [0.5, 0.6) is 0 Å². The summed E-state index contributed by atoms with van der Waals surface area (Å²) in [4.78, 5) is 6.65. The topological polar surface area (TPSA) is 36.4 Å². The molecule has 0 amide bonds. The minimum atomic E-state index is 0.0424. The Morgan fingerprint density at radius 1 is 1.25 bits per heavy atom. The quantitative estimate of drug-likeness (QED) is 0.910. The van der Waals surface area contributed by atoms with E-state index in [0.717, 1.165) is 42.9 Å². The average Bonchev–Trinajstić information content (AvgIpc) is 2.69. The van der Waals surface area contributed by atoms with Gasteiger partial charge in [0.05, 0.1) is 6.61 Å². The number of hydrogen-bond donors (Lipinski definition) is 1. The lowest BCUT2D eigenvalue weighted by Crippen LogP contribution is -2.24. The first-order valence-electron chi connectivity index (χ1n) is 7.16. The highest BCUT2D eigenvalue weighted by Gasteiger charge is 2.17. The molecule has 0 spiro atoms. The molecule has 3 rings (SSSR count). The molecule has 3 nitrogen and oxygen atoms in total. The van der Waals surface area contributed by atoms with Gasteiger partial charge in [-0.3, -0.25) is 4.98 Å². The second-order valence-electron chi connectivity index (χ2n) is 5.41. The zero-order chi connectivity index (χ0) is 13.9. The van der Waals surface area contributed by atoms with Crippen molar-refractivity contribution in [1.82, 2.24) is 4.98 Å². The molecule has 0 aliphatic carbocycles. The SMILES string of the molecule is Cc1cc(N2CCCc3ccccc3C2)c(CO)cn1. The van der Waals surface area contributed by atoms with Crippen LogP contribution in [0.3, 0.4) is 0 Å². The lowest BCUT2D eigenvalue weighted by Gasteiger charge is -2.25. The van der Waals surface area contributed by atoms with Crippen LogP contribution < -0.4 is 4.90 Å². The molecule has 1 N–H and O–H groups in total. The lowest BCUT2D eigenvalue weighted by atomic mass is 10.0. The predicted octanol–water partition coefficient (Wildman–Crippen LogP) is 2.84. The summed E-state index contributed by atoms with van der Waals surface area (Å²) in [7, 11) is 0. The normalized spacial score (nSPS) is 14.8. The van der Waals surface area contributed by atoms with Crippen molar-refractivity contribution in [3.63, 3.8) is 0 Å². The molecule has 0 radical (unpaired) electrons. The van der Waals surface area contributed by atoms with Gasteiger partial charge in [0.15, 0.2) is 0 Å². The fraction of sp³-hybridized carbons (Fsp3) is 0.353. The molecule has 0 atom stereocenters. The third kappa shape index (κ3) is 2.54. The molecule has 0 saturated heterocycles. The smallest absolute Gasteiger partial charge is 0.0717 e. The van der Waals surface area contributed by atoms with Crippen LogP contribution in [0.4, 0.5) is 5.69 Å². The molecule has 2 aromatic rings. The number of rotatable bonds is 2. The van der Waals surface area contributed by atoms with Gasteiger partial charge in [0.25, 0.3) is 0 Å². The largest absolute Gasteiger partial charge is 0.392 e. The first-order chi connectivity index (χ1) is 9.78.